The maximum atomic E-state index is 12.1. The van der Waals surface area contributed by atoms with E-state index in [2.05, 4.69) is 6.92 Å². The normalized spacial score (nSPS) is 15.9. The van der Waals surface area contributed by atoms with Crippen LogP contribution in [0.15, 0.2) is 17.7 Å². The quantitative estimate of drug-likeness (QED) is 0.581. The van der Waals surface area contributed by atoms with Crippen LogP contribution < -0.4 is 9.47 Å². The summed E-state index contributed by atoms with van der Waals surface area (Å²) in [5, 5.41) is 0. The summed E-state index contributed by atoms with van der Waals surface area (Å²) in [5.74, 6) is -0.727. The summed E-state index contributed by atoms with van der Waals surface area (Å²) in [7, 11) is 5.72. The first-order valence-electron chi connectivity index (χ1n) is 8.01. The number of fused-ring (bicyclic) bond motifs is 1. The molecule has 0 fully saturated rings. The molecule has 1 unspecified atom stereocenters. The third kappa shape index (κ3) is 3.34. The van der Waals surface area contributed by atoms with Gasteiger partial charge in [-0.2, -0.15) is 0 Å². The first-order chi connectivity index (χ1) is 11.9. The van der Waals surface area contributed by atoms with Crippen LogP contribution in [-0.4, -0.2) is 40.4 Å². The molecule has 0 radical (unpaired) electrons. The highest BCUT2D eigenvalue weighted by atomic mass is 16.5. The van der Waals surface area contributed by atoms with Gasteiger partial charge in [0.15, 0.2) is 5.92 Å². The molecule has 6 heteroatoms. The lowest BCUT2D eigenvalue weighted by atomic mass is 9.93. The number of rotatable bonds is 6. The van der Waals surface area contributed by atoms with Crippen LogP contribution in [0.5, 0.6) is 11.5 Å². The van der Waals surface area contributed by atoms with Crippen LogP contribution in [0.4, 0.5) is 0 Å². The molecule has 2 rings (SSSR count). The summed E-state index contributed by atoms with van der Waals surface area (Å²) in [6.07, 6.45) is 0.207. The average molecular weight is 348 g/mol. The molecule has 0 saturated heterocycles. The summed E-state index contributed by atoms with van der Waals surface area (Å²) < 4.78 is 20.4. The Balaban J connectivity index is 2.53. The standard InChI is InChI=1S/C19H24O6/c1-10-11(2)17-14(7-12(22-3)8-16(17)23-4)13(10)9-15(18(20)24-5)19(21)25-6/h7-8,11,15H,9H2,1-6H3. The average Bonchev–Trinajstić information content (AvgIpc) is 2.88. The molecule has 0 N–H and O–H groups in total. The third-order valence-electron chi connectivity index (χ3n) is 4.83. The van der Waals surface area contributed by atoms with Crippen LogP contribution in [0, 0.1) is 5.92 Å². The van der Waals surface area contributed by atoms with E-state index in [1.807, 2.05) is 19.1 Å². The van der Waals surface area contributed by atoms with Gasteiger partial charge in [-0.05, 0) is 30.5 Å². The second-order valence-electron chi connectivity index (χ2n) is 5.98. The zero-order valence-electron chi connectivity index (χ0n) is 15.5. The molecule has 25 heavy (non-hydrogen) atoms. The smallest absolute Gasteiger partial charge is 0.320 e. The number of carbonyl (C=O) groups excluding carboxylic acids is 2. The van der Waals surface area contributed by atoms with Crippen LogP contribution in [0.25, 0.3) is 5.57 Å². The van der Waals surface area contributed by atoms with E-state index >= 15 is 0 Å². The van der Waals surface area contributed by atoms with Crippen molar-refractivity contribution in [3.63, 3.8) is 0 Å². The number of benzene rings is 1. The maximum absolute atomic E-state index is 12.1. The van der Waals surface area contributed by atoms with Gasteiger partial charge in [0.05, 0.1) is 28.4 Å². The highest BCUT2D eigenvalue weighted by Crippen LogP contribution is 2.49. The van der Waals surface area contributed by atoms with Crippen LogP contribution in [0.3, 0.4) is 0 Å². The van der Waals surface area contributed by atoms with Crippen molar-refractivity contribution in [2.75, 3.05) is 28.4 Å². The molecule has 136 valence electrons. The topological polar surface area (TPSA) is 71.1 Å². The molecule has 1 aromatic rings. The molecule has 0 aliphatic heterocycles. The molecule has 1 atom stereocenters. The first kappa shape index (κ1) is 18.8. The second kappa shape index (κ2) is 7.59. The van der Waals surface area contributed by atoms with Crippen molar-refractivity contribution in [3.05, 3.63) is 28.8 Å². The molecule has 0 saturated carbocycles. The number of hydrogen-bond donors (Lipinski definition) is 0. The van der Waals surface area contributed by atoms with Gasteiger partial charge in [-0.1, -0.05) is 12.5 Å². The summed E-state index contributed by atoms with van der Waals surface area (Å²) >= 11 is 0. The van der Waals surface area contributed by atoms with E-state index < -0.39 is 17.9 Å². The third-order valence-corrected chi connectivity index (χ3v) is 4.83. The highest BCUT2D eigenvalue weighted by Gasteiger charge is 2.36. The van der Waals surface area contributed by atoms with E-state index in [1.54, 1.807) is 14.2 Å². The SMILES string of the molecule is COC(=O)C(CC1=C(C)C(C)c2c(OC)cc(OC)cc21)C(=O)OC. The predicted octanol–water partition coefficient (Wildman–Crippen LogP) is 2.95. The Morgan fingerprint density at radius 1 is 1.04 bits per heavy atom. The van der Waals surface area contributed by atoms with Crippen molar-refractivity contribution >= 4 is 17.5 Å². The van der Waals surface area contributed by atoms with Gasteiger partial charge in [0.25, 0.3) is 0 Å². The van der Waals surface area contributed by atoms with Crippen molar-refractivity contribution < 1.29 is 28.5 Å². The number of hydrogen-bond acceptors (Lipinski definition) is 6. The van der Waals surface area contributed by atoms with Crippen LogP contribution >= 0.6 is 0 Å². The predicted molar refractivity (Wildman–Crippen MR) is 92.7 cm³/mol. The van der Waals surface area contributed by atoms with Crippen LogP contribution in [0.2, 0.25) is 0 Å². The van der Waals surface area contributed by atoms with E-state index in [0.29, 0.717) is 5.75 Å². The van der Waals surface area contributed by atoms with Gasteiger partial charge < -0.3 is 18.9 Å². The Hall–Kier alpha value is -2.50. The van der Waals surface area contributed by atoms with E-state index in [0.717, 1.165) is 28.0 Å². The lowest BCUT2D eigenvalue weighted by molar-refractivity contribution is -0.158. The van der Waals surface area contributed by atoms with Gasteiger partial charge in [0, 0.05) is 17.5 Å². The summed E-state index contributed by atoms with van der Waals surface area (Å²) in [5.41, 5.74) is 3.96. The second-order valence-corrected chi connectivity index (χ2v) is 5.98. The molecule has 1 aliphatic rings. The van der Waals surface area contributed by atoms with Gasteiger partial charge >= 0.3 is 11.9 Å². The Labute approximate surface area is 147 Å². The Morgan fingerprint density at radius 3 is 2.12 bits per heavy atom. The monoisotopic (exact) mass is 348 g/mol. The number of esters is 2. The van der Waals surface area contributed by atoms with Crippen molar-refractivity contribution in [3.8, 4) is 11.5 Å². The zero-order valence-corrected chi connectivity index (χ0v) is 15.5. The molecular weight excluding hydrogens is 324 g/mol. The molecule has 0 bridgehead atoms. The molecule has 1 aromatic carbocycles. The largest absolute Gasteiger partial charge is 0.497 e. The fourth-order valence-electron chi connectivity index (χ4n) is 3.30. The number of ether oxygens (including phenoxy) is 4. The lowest BCUT2D eigenvalue weighted by Gasteiger charge is -2.16. The number of allylic oxidation sites excluding steroid dienone is 2. The Kier molecular flexibility index (Phi) is 5.72. The van der Waals surface area contributed by atoms with Gasteiger partial charge in [-0.25, -0.2) is 0 Å². The minimum atomic E-state index is -1.00. The van der Waals surface area contributed by atoms with Crippen LogP contribution in [-0.2, 0) is 19.1 Å². The summed E-state index contributed by atoms with van der Waals surface area (Å²) in [4.78, 5) is 24.1. The fraction of sp³-hybridized carbons (Fsp3) is 0.474. The van der Waals surface area contributed by atoms with Crippen molar-refractivity contribution in [1.29, 1.82) is 0 Å². The van der Waals surface area contributed by atoms with Crippen molar-refractivity contribution in [2.45, 2.75) is 26.2 Å². The molecule has 0 amide bonds. The fourth-order valence-corrected chi connectivity index (χ4v) is 3.30. The van der Waals surface area contributed by atoms with E-state index in [9.17, 15) is 9.59 Å². The number of carbonyl (C=O) groups is 2. The molecule has 6 nitrogen and oxygen atoms in total. The highest BCUT2D eigenvalue weighted by molar-refractivity contribution is 5.97. The summed E-state index contributed by atoms with van der Waals surface area (Å²) in [6.45, 7) is 4.07. The first-order valence-corrected chi connectivity index (χ1v) is 8.01. The summed E-state index contributed by atoms with van der Waals surface area (Å²) in [6, 6.07) is 3.75. The molecule has 0 spiro atoms. The molecular formula is C19H24O6. The number of methoxy groups -OCH3 is 4. The lowest BCUT2D eigenvalue weighted by Crippen LogP contribution is -2.26. The van der Waals surface area contributed by atoms with Crippen molar-refractivity contribution in [1.82, 2.24) is 0 Å². The minimum absolute atomic E-state index is 0.113. The Morgan fingerprint density at radius 2 is 1.64 bits per heavy atom. The molecule has 1 aliphatic carbocycles. The van der Waals surface area contributed by atoms with E-state index in [1.165, 1.54) is 14.2 Å². The van der Waals surface area contributed by atoms with Gasteiger partial charge in [-0.3, -0.25) is 9.59 Å². The Bertz CT molecular complexity index is 703. The van der Waals surface area contributed by atoms with Crippen LogP contribution in [0.1, 0.15) is 37.3 Å². The molecule has 0 aromatic heterocycles. The zero-order chi connectivity index (χ0) is 18.7. The minimum Gasteiger partial charge on any atom is -0.497 e. The van der Waals surface area contributed by atoms with Gasteiger partial charge in [0.1, 0.15) is 11.5 Å². The van der Waals surface area contributed by atoms with Gasteiger partial charge in [0.2, 0.25) is 0 Å². The molecule has 0 heterocycles. The van der Waals surface area contributed by atoms with E-state index in [-0.39, 0.29) is 12.3 Å². The van der Waals surface area contributed by atoms with Gasteiger partial charge in [-0.15, -0.1) is 0 Å². The van der Waals surface area contributed by atoms with E-state index in [4.69, 9.17) is 18.9 Å². The van der Waals surface area contributed by atoms with Crippen molar-refractivity contribution in [2.24, 2.45) is 5.92 Å². The maximum Gasteiger partial charge on any atom is 0.320 e.